The molecule has 2 aromatic carbocycles. The van der Waals surface area contributed by atoms with E-state index in [0.29, 0.717) is 38.9 Å². The fraction of sp³-hybridized carbons (Fsp3) is 0.292. The van der Waals surface area contributed by atoms with Crippen molar-refractivity contribution in [2.45, 2.75) is 25.9 Å². The highest BCUT2D eigenvalue weighted by molar-refractivity contribution is 9.11. The van der Waals surface area contributed by atoms with Crippen LogP contribution < -0.4 is 4.74 Å². The molecule has 2 fully saturated rings. The van der Waals surface area contributed by atoms with Crippen molar-refractivity contribution in [3.8, 4) is 5.75 Å². The van der Waals surface area contributed by atoms with Crippen molar-refractivity contribution in [3.63, 3.8) is 0 Å². The second kappa shape index (κ2) is 11.6. The molecule has 0 spiro atoms. The van der Waals surface area contributed by atoms with Crippen LogP contribution in [0.2, 0.25) is 0 Å². The molecule has 0 atom stereocenters. The first kappa shape index (κ1) is 26.4. The number of imide groups is 1. The smallest absolute Gasteiger partial charge is 0.294 e. The third-order valence-corrected chi connectivity index (χ3v) is 7.78. The number of piperidine rings is 1. The fourth-order valence-corrected chi connectivity index (χ4v) is 6.17. The Bertz CT molecular complexity index is 1240. The summed E-state index contributed by atoms with van der Waals surface area (Å²) >= 11 is 7.73. The molecule has 2 saturated heterocycles. The van der Waals surface area contributed by atoms with Gasteiger partial charge in [0.2, 0.25) is 5.91 Å². The van der Waals surface area contributed by atoms with E-state index in [1.807, 2.05) is 0 Å². The summed E-state index contributed by atoms with van der Waals surface area (Å²) in [6, 6.07) is 9.66. The zero-order chi connectivity index (χ0) is 25.8. The van der Waals surface area contributed by atoms with Crippen molar-refractivity contribution in [2.24, 2.45) is 0 Å². The van der Waals surface area contributed by atoms with E-state index in [1.54, 1.807) is 35.2 Å². The minimum Gasteiger partial charge on any atom is -0.487 e. The second-order valence-electron chi connectivity index (χ2n) is 8.24. The highest BCUT2D eigenvalue weighted by Crippen LogP contribution is 2.38. The number of nitro benzene ring substituents is 1. The average Bonchev–Trinajstić information content (AvgIpc) is 3.11. The molecule has 36 heavy (non-hydrogen) atoms. The lowest BCUT2D eigenvalue weighted by Crippen LogP contribution is -2.44. The van der Waals surface area contributed by atoms with E-state index in [4.69, 9.17) is 4.74 Å². The number of benzene rings is 2. The summed E-state index contributed by atoms with van der Waals surface area (Å²) in [7, 11) is 0. The van der Waals surface area contributed by atoms with Gasteiger partial charge < -0.3 is 9.64 Å². The molecule has 0 aliphatic carbocycles. The highest BCUT2D eigenvalue weighted by atomic mass is 79.9. The Morgan fingerprint density at radius 2 is 1.81 bits per heavy atom. The van der Waals surface area contributed by atoms with Crippen LogP contribution in [-0.4, -0.2) is 51.4 Å². The zero-order valence-electron chi connectivity index (χ0n) is 18.9. The largest absolute Gasteiger partial charge is 0.487 e. The molecular formula is C24H21Br2N3O6S. The molecule has 9 nitrogen and oxygen atoms in total. The first-order valence-corrected chi connectivity index (χ1v) is 13.5. The lowest BCUT2D eigenvalue weighted by atomic mass is 10.1. The number of hydrogen-bond acceptors (Lipinski definition) is 7. The van der Waals surface area contributed by atoms with Crippen molar-refractivity contribution in [2.75, 3.05) is 19.6 Å². The van der Waals surface area contributed by atoms with Crippen molar-refractivity contribution in [1.29, 1.82) is 0 Å². The summed E-state index contributed by atoms with van der Waals surface area (Å²) in [4.78, 5) is 51.3. The Labute approximate surface area is 228 Å². The van der Waals surface area contributed by atoms with Gasteiger partial charge in [0, 0.05) is 25.2 Å². The quantitative estimate of drug-likeness (QED) is 0.216. The highest BCUT2D eigenvalue weighted by Gasteiger charge is 2.37. The topological polar surface area (TPSA) is 110 Å². The van der Waals surface area contributed by atoms with Crippen molar-refractivity contribution < 1.29 is 24.0 Å². The van der Waals surface area contributed by atoms with Crippen molar-refractivity contribution >= 4 is 72.4 Å². The van der Waals surface area contributed by atoms with E-state index in [0.717, 1.165) is 35.9 Å². The van der Waals surface area contributed by atoms with Crippen LogP contribution in [0, 0.1) is 10.1 Å². The minimum atomic E-state index is -0.492. The maximum absolute atomic E-state index is 12.9. The van der Waals surface area contributed by atoms with Crippen LogP contribution in [0.1, 0.15) is 30.4 Å². The van der Waals surface area contributed by atoms with Crippen LogP contribution in [0.5, 0.6) is 5.75 Å². The predicted molar refractivity (Wildman–Crippen MR) is 142 cm³/mol. The van der Waals surface area contributed by atoms with E-state index < -0.39 is 16.1 Å². The molecule has 0 radical (unpaired) electrons. The van der Waals surface area contributed by atoms with E-state index in [1.165, 1.54) is 12.1 Å². The molecule has 0 aromatic heterocycles. The number of carbonyl (C=O) groups excluding carboxylic acids is 3. The third kappa shape index (κ3) is 6.16. The second-order valence-corrected chi connectivity index (χ2v) is 10.9. The molecular weight excluding hydrogens is 618 g/mol. The minimum absolute atomic E-state index is 0.0174. The number of halogens is 2. The van der Waals surface area contributed by atoms with Crippen LogP contribution >= 0.6 is 43.6 Å². The summed E-state index contributed by atoms with van der Waals surface area (Å²) in [6.07, 6.45) is 4.54. The van der Waals surface area contributed by atoms with Gasteiger partial charge in [-0.3, -0.25) is 29.4 Å². The van der Waals surface area contributed by atoms with Gasteiger partial charge in [-0.1, -0.05) is 12.1 Å². The van der Waals surface area contributed by atoms with E-state index >= 15 is 0 Å². The van der Waals surface area contributed by atoms with Gasteiger partial charge >= 0.3 is 0 Å². The van der Waals surface area contributed by atoms with Crippen molar-refractivity contribution in [3.05, 3.63) is 71.5 Å². The first-order chi connectivity index (χ1) is 17.2. The Morgan fingerprint density at radius 3 is 2.47 bits per heavy atom. The Hall–Kier alpha value is -2.70. The Balaban J connectivity index is 1.45. The molecule has 2 aliphatic heterocycles. The standard InChI is InChI=1S/C24H21Br2N3O6S/c25-18-10-16(11-19(26)22(18)35-14-15-5-4-6-17(9-15)29(33)34)12-20-23(31)28(24(32)36-20)13-21(30)27-7-2-1-3-8-27/h4-6,9-12H,1-3,7-8,13-14H2/b20-12-. The SMILES string of the molecule is O=C(CN1C(=O)S/C(=C\c2cc(Br)c(OCc3cccc([N+](=O)[O-])c3)c(Br)c2)C1=O)N1CCCCC1. The molecule has 0 saturated carbocycles. The molecule has 0 N–H and O–H groups in total. The predicted octanol–water partition coefficient (Wildman–Crippen LogP) is 5.75. The molecule has 2 aromatic rings. The summed E-state index contributed by atoms with van der Waals surface area (Å²) in [6.45, 7) is 1.17. The van der Waals surface area contributed by atoms with Crippen LogP contribution in [0.4, 0.5) is 10.5 Å². The molecule has 3 amide bonds. The average molecular weight is 639 g/mol. The van der Waals surface area contributed by atoms with Gasteiger partial charge in [-0.15, -0.1) is 0 Å². The maximum atomic E-state index is 12.9. The number of rotatable bonds is 7. The number of amides is 3. The van der Waals surface area contributed by atoms with Gasteiger partial charge in [-0.05, 0) is 92.2 Å². The lowest BCUT2D eigenvalue weighted by Gasteiger charge is -2.27. The third-order valence-electron chi connectivity index (χ3n) is 5.70. The number of thioether (sulfide) groups is 1. The normalized spacial score (nSPS) is 17.1. The molecule has 2 heterocycles. The monoisotopic (exact) mass is 637 g/mol. The van der Waals surface area contributed by atoms with Gasteiger partial charge in [-0.2, -0.15) is 0 Å². The molecule has 0 bridgehead atoms. The Morgan fingerprint density at radius 1 is 1.11 bits per heavy atom. The summed E-state index contributed by atoms with van der Waals surface area (Å²) < 4.78 is 7.04. The van der Waals surface area contributed by atoms with Gasteiger partial charge in [0.05, 0.1) is 18.8 Å². The zero-order valence-corrected chi connectivity index (χ0v) is 22.9. The van der Waals surface area contributed by atoms with Crippen LogP contribution in [0.25, 0.3) is 6.08 Å². The van der Waals surface area contributed by atoms with Gasteiger partial charge in [0.15, 0.2) is 0 Å². The molecule has 4 rings (SSSR count). The van der Waals surface area contributed by atoms with Crippen LogP contribution in [0.15, 0.2) is 50.2 Å². The number of nitro groups is 1. The number of non-ortho nitro benzene ring substituents is 1. The summed E-state index contributed by atoms with van der Waals surface area (Å²) in [5, 5.41) is 10.5. The van der Waals surface area contributed by atoms with E-state index in [2.05, 4.69) is 31.9 Å². The van der Waals surface area contributed by atoms with E-state index in [9.17, 15) is 24.5 Å². The molecule has 12 heteroatoms. The van der Waals surface area contributed by atoms with Gasteiger partial charge in [0.1, 0.15) is 18.9 Å². The van der Waals surface area contributed by atoms with E-state index in [-0.39, 0.29) is 29.7 Å². The van der Waals surface area contributed by atoms with Crippen molar-refractivity contribution in [1.82, 2.24) is 9.80 Å². The first-order valence-electron chi connectivity index (χ1n) is 11.1. The molecule has 2 aliphatic rings. The van der Waals surface area contributed by atoms with Crippen LogP contribution in [-0.2, 0) is 16.2 Å². The Kier molecular flexibility index (Phi) is 8.47. The maximum Gasteiger partial charge on any atom is 0.294 e. The number of likely N-dealkylation sites (tertiary alicyclic amines) is 1. The number of ether oxygens (including phenoxy) is 1. The fourth-order valence-electron chi connectivity index (χ4n) is 3.88. The summed E-state index contributed by atoms with van der Waals surface area (Å²) in [5.74, 6) is -0.221. The van der Waals surface area contributed by atoms with Crippen LogP contribution in [0.3, 0.4) is 0 Å². The molecule has 188 valence electrons. The lowest BCUT2D eigenvalue weighted by molar-refractivity contribution is -0.384. The number of nitrogens with zero attached hydrogens (tertiary/aromatic N) is 3. The molecule has 0 unspecified atom stereocenters. The van der Waals surface area contributed by atoms with Gasteiger partial charge in [0.25, 0.3) is 16.8 Å². The number of hydrogen-bond donors (Lipinski definition) is 0. The number of carbonyl (C=O) groups is 3. The van der Waals surface area contributed by atoms with Gasteiger partial charge in [-0.25, -0.2) is 0 Å². The summed E-state index contributed by atoms with van der Waals surface area (Å²) in [5.41, 5.74) is 1.26.